The summed E-state index contributed by atoms with van der Waals surface area (Å²) in [6.07, 6.45) is -0.0147. The Hall–Kier alpha value is -1.49. The Kier molecular flexibility index (Phi) is 3.74. The van der Waals surface area contributed by atoms with Crippen LogP contribution in [0.1, 0.15) is 12.0 Å². The van der Waals surface area contributed by atoms with Gasteiger partial charge in [-0.2, -0.15) is 0 Å². The lowest BCUT2D eigenvalue weighted by Gasteiger charge is -2.07. The first-order valence-corrected chi connectivity index (χ1v) is 4.43. The van der Waals surface area contributed by atoms with Gasteiger partial charge in [0.1, 0.15) is 17.7 Å². The molecule has 0 amide bonds. The molecule has 0 saturated carbocycles. The first-order chi connectivity index (χ1) is 7.02. The second kappa shape index (κ2) is 4.84. The highest BCUT2D eigenvalue weighted by Crippen LogP contribution is 2.14. The Morgan fingerprint density at radius 2 is 1.93 bits per heavy atom. The standard InChI is InChI=1S/C10H11F2NO2/c11-7-2-1-3-8(12)6(7)4-5-9(13)10(14)15/h1-3,9H,4-5,13H2,(H,14,15). The molecule has 5 heteroatoms. The minimum atomic E-state index is -1.17. The molecule has 15 heavy (non-hydrogen) atoms. The van der Waals surface area contributed by atoms with Gasteiger partial charge in [-0.1, -0.05) is 6.07 Å². The highest BCUT2D eigenvalue weighted by molar-refractivity contribution is 5.73. The fraction of sp³-hybridized carbons (Fsp3) is 0.300. The number of nitrogens with two attached hydrogens (primary N) is 1. The van der Waals surface area contributed by atoms with Crippen LogP contribution in [0, 0.1) is 11.6 Å². The number of benzene rings is 1. The van der Waals surface area contributed by atoms with Crippen LogP contribution in [0.25, 0.3) is 0 Å². The molecule has 1 aromatic carbocycles. The van der Waals surface area contributed by atoms with Gasteiger partial charge in [-0.3, -0.25) is 4.79 Å². The number of rotatable bonds is 4. The molecule has 1 atom stereocenters. The van der Waals surface area contributed by atoms with Gasteiger partial charge in [0.05, 0.1) is 0 Å². The van der Waals surface area contributed by atoms with E-state index in [1.807, 2.05) is 0 Å². The van der Waals surface area contributed by atoms with E-state index in [2.05, 4.69) is 0 Å². The molecule has 0 aliphatic rings. The number of aliphatic carboxylic acids is 1. The monoisotopic (exact) mass is 215 g/mol. The molecule has 3 nitrogen and oxygen atoms in total. The van der Waals surface area contributed by atoms with Gasteiger partial charge in [-0.05, 0) is 25.0 Å². The maximum absolute atomic E-state index is 13.1. The third-order valence-corrected chi connectivity index (χ3v) is 2.08. The first kappa shape index (κ1) is 11.6. The third kappa shape index (κ3) is 2.99. The number of carbonyl (C=O) groups is 1. The topological polar surface area (TPSA) is 63.3 Å². The van der Waals surface area contributed by atoms with E-state index in [-0.39, 0.29) is 18.4 Å². The maximum atomic E-state index is 13.1. The number of carboxylic acid groups (broad SMARTS) is 1. The van der Waals surface area contributed by atoms with E-state index in [4.69, 9.17) is 10.8 Å². The van der Waals surface area contributed by atoms with Gasteiger partial charge in [-0.25, -0.2) is 8.78 Å². The number of halogens is 2. The zero-order valence-electron chi connectivity index (χ0n) is 7.91. The Morgan fingerprint density at radius 3 is 2.40 bits per heavy atom. The average molecular weight is 215 g/mol. The molecule has 82 valence electrons. The SMILES string of the molecule is NC(CCc1c(F)cccc1F)C(=O)O. The van der Waals surface area contributed by atoms with Crippen LogP contribution in [0.2, 0.25) is 0 Å². The van der Waals surface area contributed by atoms with Crippen molar-refractivity contribution in [2.24, 2.45) is 5.73 Å². The van der Waals surface area contributed by atoms with Crippen LogP contribution >= 0.6 is 0 Å². The van der Waals surface area contributed by atoms with Crippen LogP contribution in [0.5, 0.6) is 0 Å². The Bertz CT molecular complexity index is 348. The van der Waals surface area contributed by atoms with E-state index >= 15 is 0 Å². The van der Waals surface area contributed by atoms with Crippen molar-refractivity contribution in [3.8, 4) is 0 Å². The molecule has 0 aliphatic carbocycles. The van der Waals surface area contributed by atoms with Gasteiger partial charge >= 0.3 is 5.97 Å². The highest BCUT2D eigenvalue weighted by Gasteiger charge is 2.14. The Morgan fingerprint density at radius 1 is 1.40 bits per heavy atom. The molecule has 0 aliphatic heterocycles. The van der Waals surface area contributed by atoms with E-state index < -0.39 is 23.6 Å². The minimum Gasteiger partial charge on any atom is -0.480 e. The summed E-state index contributed by atoms with van der Waals surface area (Å²) in [7, 11) is 0. The van der Waals surface area contributed by atoms with E-state index in [1.165, 1.54) is 6.07 Å². The smallest absolute Gasteiger partial charge is 0.320 e. The zero-order valence-corrected chi connectivity index (χ0v) is 7.91. The molecular formula is C10H11F2NO2. The molecule has 1 rings (SSSR count). The van der Waals surface area contributed by atoms with Gasteiger partial charge in [0.2, 0.25) is 0 Å². The molecular weight excluding hydrogens is 204 g/mol. The van der Waals surface area contributed by atoms with Crippen LogP contribution in [0.4, 0.5) is 8.78 Å². The van der Waals surface area contributed by atoms with Crippen molar-refractivity contribution in [3.05, 3.63) is 35.4 Å². The van der Waals surface area contributed by atoms with Gasteiger partial charge in [0.25, 0.3) is 0 Å². The lowest BCUT2D eigenvalue weighted by molar-refractivity contribution is -0.138. The summed E-state index contributed by atoms with van der Waals surface area (Å²) in [6.45, 7) is 0. The number of carboxylic acids is 1. The largest absolute Gasteiger partial charge is 0.480 e. The summed E-state index contributed by atoms with van der Waals surface area (Å²) in [5, 5.41) is 8.49. The van der Waals surface area contributed by atoms with E-state index in [9.17, 15) is 13.6 Å². The second-order valence-electron chi connectivity index (χ2n) is 3.18. The number of hydrogen-bond acceptors (Lipinski definition) is 2. The van der Waals surface area contributed by atoms with Gasteiger partial charge in [0.15, 0.2) is 0 Å². The zero-order chi connectivity index (χ0) is 11.4. The first-order valence-electron chi connectivity index (χ1n) is 4.43. The highest BCUT2D eigenvalue weighted by atomic mass is 19.1. The van der Waals surface area contributed by atoms with Crippen LogP contribution in [0.15, 0.2) is 18.2 Å². The van der Waals surface area contributed by atoms with Crippen LogP contribution in [-0.4, -0.2) is 17.1 Å². The van der Waals surface area contributed by atoms with Crippen molar-refractivity contribution in [1.29, 1.82) is 0 Å². The van der Waals surface area contributed by atoms with E-state index in [1.54, 1.807) is 0 Å². The molecule has 0 saturated heterocycles. The molecule has 1 unspecified atom stereocenters. The summed E-state index contributed by atoms with van der Waals surface area (Å²) in [5.74, 6) is -2.52. The summed E-state index contributed by atoms with van der Waals surface area (Å²) in [4.78, 5) is 10.4. The molecule has 3 N–H and O–H groups in total. The van der Waals surface area contributed by atoms with Gasteiger partial charge < -0.3 is 10.8 Å². The normalized spacial score (nSPS) is 12.5. The van der Waals surface area contributed by atoms with Crippen LogP contribution in [-0.2, 0) is 11.2 Å². The summed E-state index contributed by atoms with van der Waals surface area (Å²) < 4.78 is 26.1. The molecule has 0 bridgehead atoms. The summed E-state index contributed by atoms with van der Waals surface area (Å²) >= 11 is 0. The lowest BCUT2D eigenvalue weighted by atomic mass is 10.0. The number of hydrogen-bond donors (Lipinski definition) is 2. The van der Waals surface area contributed by atoms with Crippen molar-refractivity contribution >= 4 is 5.97 Å². The predicted octanol–water partition coefficient (Wildman–Crippen LogP) is 1.31. The molecule has 0 heterocycles. The lowest BCUT2D eigenvalue weighted by Crippen LogP contribution is -2.30. The fourth-order valence-electron chi connectivity index (χ4n) is 1.19. The molecule has 0 fully saturated rings. The van der Waals surface area contributed by atoms with Crippen molar-refractivity contribution in [2.45, 2.75) is 18.9 Å². The van der Waals surface area contributed by atoms with E-state index in [0.717, 1.165) is 12.1 Å². The Labute approximate surface area is 85.5 Å². The van der Waals surface area contributed by atoms with Crippen molar-refractivity contribution < 1.29 is 18.7 Å². The van der Waals surface area contributed by atoms with Gasteiger partial charge in [-0.15, -0.1) is 0 Å². The van der Waals surface area contributed by atoms with Gasteiger partial charge in [0, 0.05) is 5.56 Å². The fourth-order valence-corrected chi connectivity index (χ4v) is 1.19. The second-order valence-corrected chi connectivity index (χ2v) is 3.18. The van der Waals surface area contributed by atoms with Crippen molar-refractivity contribution in [2.75, 3.05) is 0 Å². The molecule has 1 aromatic rings. The van der Waals surface area contributed by atoms with Crippen molar-refractivity contribution in [1.82, 2.24) is 0 Å². The Balaban J connectivity index is 2.69. The van der Waals surface area contributed by atoms with Crippen molar-refractivity contribution in [3.63, 3.8) is 0 Å². The average Bonchev–Trinajstić information content (AvgIpc) is 2.16. The molecule has 0 radical (unpaired) electrons. The minimum absolute atomic E-state index is 0.00713. The molecule has 0 aromatic heterocycles. The quantitative estimate of drug-likeness (QED) is 0.795. The third-order valence-electron chi connectivity index (χ3n) is 2.08. The summed E-state index contributed by atoms with van der Waals surface area (Å²) in [5.41, 5.74) is 5.10. The van der Waals surface area contributed by atoms with E-state index in [0.29, 0.717) is 0 Å². The molecule has 0 spiro atoms. The predicted molar refractivity (Wildman–Crippen MR) is 50.3 cm³/mol. The summed E-state index contributed by atoms with van der Waals surface area (Å²) in [6, 6.07) is 2.42. The van der Waals surface area contributed by atoms with Crippen LogP contribution < -0.4 is 5.73 Å². The van der Waals surface area contributed by atoms with Crippen LogP contribution in [0.3, 0.4) is 0 Å². The maximum Gasteiger partial charge on any atom is 0.320 e.